The molecule has 3 N–H and O–H groups in total. The number of benzene rings is 2. The van der Waals surface area contributed by atoms with Gasteiger partial charge in [0, 0.05) is 30.5 Å². The fourth-order valence-corrected chi connectivity index (χ4v) is 4.51. The fourth-order valence-electron chi connectivity index (χ4n) is 3.39. The van der Waals surface area contributed by atoms with Crippen molar-refractivity contribution in [3.63, 3.8) is 0 Å². The molecule has 0 saturated heterocycles. The van der Waals surface area contributed by atoms with Crippen LogP contribution in [0.4, 0.5) is 17.5 Å². The molecular formula is C23H27N5O3S. The minimum absolute atomic E-state index is 0.113. The van der Waals surface area contributed by atoms with Gasteiger partial charge >= 0.3 is 0 Å². The molecule has 1 aromatic heterocycles. The first-order valence-electron chi connectivity index (χ1n) is 10.7. The maximum atomic E-state index is 12.5. The summed E-state index contributed by atoms with van der Waals surface area (Å²) in [6.45, 7) is 5.02. The monoisotopic (exact) mass is 453 g/mol. The summed E-state index contributed by atoms with van der Waals surface area (Å²) in [7, 11) is -3.56. The van der Waals surface area contributed by atoms with E-state index < -0.39 is 10.0 Å². The van der Waals surface area contributed by atoms with Gasteiger partial charge < -0.3 is 15.4 Å². The van der Waals surface area contributed by atoms with Crippen molar-refractivity contribution in [2.45, 2.75) is 37.7 Å². The molecule has 32 heavy (non-hydrogen) atoms. The lowest BCUT2D eigenvalue weighted by Gasteiger charge is -2.15. The van der Waals surface area contributed by atoms with E-state index in [1.54, 1.807) is 30.5 Å². The molecule has 1 aliphatic rings. The maximum absolute atomic E-state index is 12.5. The van der Waals surface area contributed by atoms with E-state index in [1.807, 2.05) is 38.1 Å². The van der Waals surface area contributed by atoms with Crippen LogP contribution >= 0.6 is 0 Å². The molecule has 0 amide bonds. The molecule has 4 bridgehead atoms. The first-order valence-corrected chi connectivity index (χ1v) is 12.1. The first kappa shape index (κ1) is 22.0. The SMILES string of the molecule is CC(C)Oc1ccc(-c2cnc3nc2NCCCCNS(=O)(=O)c2cccc(c2)N3)cc1. The summed E-state index contributed by atoms with van der Waals surface area (Å²) >= 11 is 0. The minimum atomic E-state index is -3.56. The van der Waals surface area contributed by atoms with Crippen molar-refractivity contribution in [2.75, 3.05) is 23.7 Å². The molecule has 9 heteroatoms. The van der Waals surface area contributed by atoms with Crippen molar-refractivity contribution in [3.8, 4) is 16.9 Å². The van der Waals surface area contributed by atoms with E-state index in [-0.39, 0.29) is 11.0 Å². The van der Waals surface area contributed by atoms with Crippen molar-refractivity contribution in [2.24, 2.45) is 0 Å². The number of fused-ring (bicyclic) bond motifs is 4. The number of aromatic nitrogens is 2. The van der Waals surface area contributed by atoms with Gasteiger partial charge in [0.1, 0.15) is 11.6 Å². The van der Waals surface area contributed by atoms with Gasteiger partial charge in [-0.15, -0.1) is 0 Å². The highest BCUT2D eigenvalue weighted by atomic mass is 32.2. The largest absolute Gasteiger partial charge is 0.491 e. The number of hydrogen-bond acceptors (Lipinski definition) is 7. The Morgan fingerprint density at radius 1 is 1.03 bits per heavy atom. The van der Waals surface area contributed by atoms with Crippen molar-refractivity contribution in [1.29, 1.82) is 0 Å². The van der Waals surface area contributed by atoms with Gasteiger partial charge in [-0.2, -0.15) is 4.98 Å². The smallest absolute Gasteiger partial charge is 0.240 e. The Bertz CT molecular complexity index is 1180. The Morgan fingerprint density at radius 3 is 2.59 bits per heavy atom. The molecule has 4 rings (SSSR count). The molecule has 0 aliphatic carbocycles. The van der Waals surface area contributed by atoms with Crippen LogP contribution in [0.25, 0.3) is 11.1 Å². The zero-order chi connectivity index (χ0) is 22.6. The van der Waals surface area contributed by atoms with Gasteiger partial charge in [-0.1, -0.05) is 18.2 Å². The van der Waals surface area contributed by atoms with E-state index in [4.69, 9.17) is 4.74 Å². The van der Waals surface area contributed by atoms with Crippen LogP contribution in [0.15, 0.2) is 59.6 Å². The average molecular weight is 454 g/mol. The molecular weight excluding hydrogens is 426 g/mol. The standard InChI is InChI=1S/C23H27N5O3S/c1-16(2)31-19-10-8-17(9-11-19)21-15-25-23-27-18-6-5-7-20(14-18)32(29,30)26-13-4-3-12-24-22(21)28-23/h5-11,14-16,26H,3-4,12-13H2,1-2H3,(H2,24,25,27,28). The average Bonchev–Trinajstić information content (AvgIpc) is 2.76. The van der Waals surface area contributed by atoms with E-state index in [0.717, 1.165) is 23.3 Å². The summed E-state index contributed by atoms with van der Waals surface area (Å²) in [6.07, 6.45) is 3.38. The number of hydrogen-bond donors (Lipinski definition) is 3. The highest BCUT2D eigenvalue weighted by Gasteiger charge is 2.16. The van der Waals surface area contributed by atoms with Crippen LogP contribution in [0.1, 0.15) is 26.7 Å². The molecule has 0 atom stereocenters. The summed E-state index contributed by atoms with van der Waals surface area (Å²) in [5.74, 6) is 1.92. The maximum Gasteiger partial charge on any atom is 0.240 e. The third-order valence-corrected chi connectivity index (χ3v) is 6.37. The van der Waals surface area contributed by atoms with Gasteiger partial charge in [0.25, 0.3) is 0 Å². The normalized spacial score (nSPS) is 15.8. The summed E-state index contributed by atoms with van der Waals surface area (Å²) in [4.78, 5) is 9.33. The zero-order valence-corrected chi connectivity index (χ0v) is 18.9. The lowest BCUT2D eigenvalue weighted by Crippen LogP contribution is -2.25. The lowest BCUT2D eigenvalue weighted by atomic mass is 10.1. The van der Waals surface area contributed by atoms with Crippen molar-refractivity contribution in [3.05, 3.63) is 54.7 Å². The number of nitrogens with one attached hydrogen (secondary N) is 3. The predicted octanol–water partition coefficient (Wildman–Crippen LogP) is 4.16. The van der Waals surface area contributed by atoms with Gasteiger partial charge in [0.15, 0.2) is 0 Å². The topological polar surface area (TPSA) is 105 Å². The van der Waals surface area contributed by atoms with Gasteiger partial charge in [-0.25, -0.2) is 18.1 Å². The summed E-state index contributed by atoms with van der Waals surface area (Å²) in [5.41, 5.74) is 2.46. The first-order chi connectivity index (χ1) is 15.4. The molecule has 0 spiro atoms. The molecule has 1 aliphatic heterocycles. The summed E-state index contributed by atoms with van der Waals surface area (Å²) in [6, 6.07) is 14.5. The molecule has 168 valence electrons. The number of ether oxygens (including phenoxy) is 1. The zero-order valence-electron chi connectivity index (χ0n) is 18.1. The van der Waals surface area contributed by atoms with Gasteiger partial charge in [0.2, 0.25) is 16.0 Å². The molecule has 2 aromatic carbocycles. The van der Waals surface area contributed by atoms with Crippen LogP contribution in [-0.2, 0) is 10.0 Å². The van der Waals surface area contributed by atoms with Crippen LogP contribution in [0.5, 0.6) is 5.75 Å². The van der Waals surface area contributed by atoms with E-state index in [0.29, 0.717) is 37.0 Å². The number of anilines is 3. The van der Waals surface area contributed by atoms with Gasteiger partial charge in [-0.3, -0.25) is 0 Å². The number of nitrogens with zero attached hydrogens (tertiary/aromatic N) is 2. The fraction of sp³-hybridized carbons (Fsp3) is 0.304. The highest BCUT2D eigenvalue weighted by molar-refractivity contribution is 7.89. The van der Waals surface area contributed by atoms with Crippen molar-refractivity contribution >= 4 is 27.5 Å². The Morgan fingerprint density at radius 2 is 1.81 bits per heavy atom. The van der Waals surface area contributed by atoms with Crippen molar-refractivity contribution < 1.29 is 13.2 Å². The number of sulfonamides is 1. The Balaban J connectivity index is 1.67. The quantitative estimate of drug-likeness (QED) is 0.547. The minimum Gasteiger partial charge on any atom is -0.491 e. The van der Waals surface area contributed by atoms with Gasteiger partial charge in [-0.05, 0) is 62.6 Å². The van der Waals surface area contributed by atoms with Crippen LogP contribution in [0.2, 0.25) is 0 Å². The van der Waals surface area contributed by atoms with Gasteiger partial charge in [0.05, 0.1) is 11.0 Å². The second-order valence-electron chi connectivity index (χ2n) is 7.83. The molecule has 0 saturated carbocycles. The van der Waals surface area contributed by atoms with Crippen LogP contribution in [-0.4, -0.2) is 37.6 Å². The Hall–Kier alpha value is -3.17. The molecule has 2 heterocycles. The molecule has 3 aromatic rings. The van der Waals surface area contributed by atoms with Crippen LogP contribution in [0, 0.1) is 0 Å². The Kier molecular flexibility index (Phi) is 6.57. The molecule has 8 nitrogen and oxygen atoms in total. The van der Waals surface area contributed by atoms with Crippen LogP contribution in [0.3, 0.4) is 0 Å². The van der Waals surface area contributed by atoms with E-state index in [9.17, 15) is 8.42 Å². The summed E-state index contributed by atoms with van der Waals surface area (Å²) < 4.78 is 33.4. The second kappa shape index (κ2) is 9.54. The molecule has 0 unspecified atom stereocenters. The number of rotatable bonds is 3. The van der Waals surface area contributed by atoms with Crippen molar-refractivity contribution in [1.82, 2.24) is 14.7 Å². The predicted molar refractivity (Wildman–Crippen MR) is 126 cm³/mol. The third kappa shape index (κ3) is 5.35. The second-order valence-corrected chi connectivity index (χ2v) is 9.60. The Labute approximate surface area is 188 Å². The highest BCUT2D eigenvalue weighted by Crippen LogP contribution is 2.29. The molecule has 0 fully saturated rings. The van der Waals surface area contributed by atoms with Crippen LogP contribution < -0.4 is 20.1 Å². The van der Waals surface area contributed by atoms with E-state index >= 15 is 0 Å². The molecule has 0 radical (unpaired) electrons. The third-order valence-electron chi connectivity index (χ3n) is 4.91. The summed E-state index contributed by atoms with van der Waals surface area (Å²) in [5, 5.41) is 6.49. The lowest BCUT2D eigenvalue weighted by molar-refractivity contribution is 0.242. The van der Waals surface area contributed by atoms with E-state index in [1.165, 1.54) is 0 Å². The van der Waals surface area contributed by atoms with E-state index in [2.05, 4.69) is 25.3 Å².